The summed E-state index contributed by atoms with van der Waals surface area (Å²) in [6.07, 6.45) is 0. The van der Waals surface area contributed by atoms with Crippen molar-refractivity contribution >= 4 is 0 Å². The van der Waals surface area contributed by atoms with Gasteiger partial charge in [-0.15, -0.1) is 0 Å². The van der Waals surface area contributed by atoms with Gasteiger partial charge in [0.15, 0.2) is 0 Å². The van der Waals surface area contributed by atoms with E-state index >= 15 is 0 Å². The van der Waals surface area contributed by atoms with Crippen LogP contribution in [0.25, 0.3) is 0 Å². The second-order valence-electron chi connectivity index (χ2n) is 2.60. The number of nitrogens with zero attached hydrogens (tertiary/aromatic N) is 1. The SMILES string of the molecule is CN(C)CN.Oc1ccccc1. The van der Waals surface area contributed by atoms with E-state index in [0.717, 1.165) is 0 Å². The standard InChI is InChI=1S/C6H6O.C3H10N2/c7-6-4-2-1-3-5-6;1-5(2)3-4/h1-5,7H;3-4H2,1-2H3. The second kappa shape index (κ2) is 6.64. The molecule has 0 unspecified atom stereocenters. The van der Waals surface area contributed by atoms with Crippen molar-refractivity contribution in [2.75, 3.05) is 20.8 Å². The predicted octanol–water partition coefficient (Wildman–Crippen LogP) is 0.856. The molecule has 3 nitrogen and oxygen atoms in total. The van der Waals surface area contributed by atoms with Crippen LogP contribution in [0.1, 0.15) is 0 Å². The summed E-state index contributed by atoms with van der Waals surface area (Å²) in [6, 6.07) is 8.71. The van der Waals surface area contributed by atoms with Crippen molar-refractivity contribution in [3.8, 4) is 5.75 Å². The summed E-state index contributed by atoms with van der Waals surface area (Å²) >= 11 is 0. The molecule has 0 aliphatic carbocycles. The lowest BCUT2D eigenvalue weighted by molar-refractivity contribution is 0.423. The van der Waals surface area contributed by atoms with Crippen LogP contribution in [0, 0.1) is 0 Å². The molecule has 0 saturated carbocycles. The molecule has 3 N–H and O–H groups in total. The van der Waals surface area contributed by atoms with Crippen molar-refractivity contribution in [2.24, 2.45) is 5.73 Å². The Morgan fingerprint density at radius 2 is 1.67 bits per heavy atom. The highest BCUT2D eigenvalue weighted by Crippen LogP contribution is 2.02. The van der Waals surface area contributed by atoms with E-state index in [-0.39, 0.29) is 0 Å². The van der Waals surface area contributed by atoms with E-state index < -0.39 is 0 Å². The number of aromatic hydroxyl groups is 1. The van der Waals surface area contributed by atoms with Crippen molar-refractivity contribution < 1.29 is 5.11 Å². The Bertz CT molecular complexity index is 187. The van der Waals surface area contributed by atoms with Crippen molar-refractivity contribution in [2.45, 2.75) is 0 Å². The topological polar surface area (TPSA) is 49.5 Å². The average Bonchev–Trinajstić information content (AvgIpc) is 2.07. The molecule has 0 fully saturated rings. The van der Waals surface area contributed by atoms with Crippen molar-refractivity contribution in [3.63, 3.8) is 0 Å². The molecule has 0 amide bonds. The smallest absolute Gasteiger partial charge is 0.115 e. The number of phenolic OH excluding ortho intramolecular Hbond substituents is 1. The fraction of sp³-hybridized carbons (Fsp3) is 0.333. The van der Waals surface area contributed by atoms with Gasteiger partial charge in [0.2, 0.25) is 0 Å². The van der Waals surface area contributed by atoms with Gasteiger partial charge in [-0.3, -0.25) is 4.90 Å². The van der Waals surface area contributed by atoms with Crippen LogP contribution in [0.5, 0.6) is 5.75 Å². The quantitative estimate of drug-likeness (QED) is 0.611. The Hall–Kier alpha value is -1.06. The Morgan fingerprint density at radius 1 is 1.25 bits per heavy atom. The maximum Gasteiger partial charge on any atom is 0.115 e. The summed E-state index contributed by atoms with van der Waals surface area (Å²) in [6.45, 7) is 0.639. The van der Waals surface area contributed by atoms with Crippen molar-refractivity contribution in [1.82, 2.24) is 4.90 Å². The number of benzene rings is 1. The van der Waals surface area contributed by atoms with E-state index in [2.05, 4.69) is 0 Å². The zero-order chi connectivity index (χ0) is 9.40. The van der Waals surface area contributed by atoms with Gasteiger partial charge in [-0.25, -0.2) is 0 Å². The number of phenols is 1. The Morgan fingerprint density at radius 3 is 1.83 bits per heavy atom. The lowest BCUT2D eigenvalue weighted by Gasteiger charge is -2.00. The van der Waals surface area contributed by atoms with Crippen molar-refractivity contribution in [3.05, 3.63) is 30.3 Å². The maximum atomic E-state index is 8.63. The first-order valence-corrected chi connectivity index (χ1v) is 3.75. The third-order valence-corrected chi connectivity index (χ3v) is 1.12. The molecule has 0 saturated heterocycles. The minimum Gasteiger partial charge on any atom is -0.508 e. The van der Waals surface area contributed by atoms with E-state index in [4.69, 9.17) is 10.8 Å². The van der Waals surface area contributed by atoms with Crippen LogP contribution in [0.3, 0.4) is 0 Å². The summed E-state index contributed by atoms with van der Waals surface area (Å²) < 4.78 is 0. The monoisotopic (exact) mass is 168 g/mol. The van der Waals surface area contributed by atoms with Gasteiger partial charge in [-0.2, -0.15) is 0 Å². The molecule has 12 heavy (non-hydrogen) atoms. The molecule has 1 aromatic rings. The van der Waals surface area contributed by atoms with Gasteiger partial charge >= 0.3 is 0 Å². The molecule has 68 valence electrons. The van der Waals surface area contributed by atoms with Crippen LogP contribution in [-0.4, -0.2) is 30.8 Å². The zero-order valence-electron chi connectivity index (χ0n) is 7.57. The van der Waals surface area contributed by atoms with Crippen LogP contribution >= 0.6 is 0 Å². The first-order valence-electron chi connectivity index (χ1n) is 3.75. The third-order valence-electron chi connectivity index (χ3n) is 1.12. The van der Waals surface area contributed by atoms with Crippen LogP contribution in [0.2, 0.25) is 0 Å². The highest BCUT2D eigenvalue weighted by atomic mass is 16.3. The minimum absolute atomic E-state index is 0.322. The lowest BCUT2D eigenvalue weighted by Crippen LogP contribution is -2.20. The lowest BCUT2D eigenvalue weighted by atomic mass is 10.3. The van der Waals surface area contributed by atoms with Crippen LogP contribution in [0.15, 0.2) is 30.3 Å². The highest BCUT2D eigenvalue weighted by molar-refractivity contribution is 5.18. The first-order chi connectivity index (χ1) is 5.66. The normalized spacial score (nSPS) is 9.00. The van der Waals surface area contributed by atoms with Gasteiger partial charge < -0.3 is 10.8 Å². The summed E-state index contributed by atoms with van der Waals surface area (Å²) in [7, 11) is 3.86. The Balaban J connectivity index is 0.000000217. The molecule has 1 rings (SSSR count). The summed E-state index contributed by atoms with van der Waals surface area (Å²) in [4.78, 5) is 1.90. The fourth-order valence-electron chi connectivity index (χ4n) is 0.428. The number of rotatable bonds is 1. The van der Waals surface area contributed by atoms with Gasteiger partial charge in [0.25, 0.3) is 0 Å². The van der Waals surface area contributed by atoms with E-state index in [1.807, 2.05) is 25.1 Å². The molecule has 0 radical (unpaired) electrons. The van der Waals surface area contributed by atoms with E-state index in [9.17, 15) is 0 Å². The first kappa shape index (κ1) is 10.9. The highest BCUT2D eigenvalue weighted by Gasteiger charge is 1.74. The van der Waals surface area contributed by atoms with E-state index in [0.29, 0.717) is 12.4 Å². The number of para-hydroxylation sites is 1. The molecule has 0 bridgehead atoms. The van der Waals surface area contributed by atoms with Gasteiger partial charge in [-0.1, -0.05) is 18.2 Å². The van der Waals surface area contributed by atoms with Gasteiger partial charge in [-0.05, 0) is 26.2 Å². The van der Waals surface area contributed by atoms with E-state index in [1.54, 1.807) is 24.3 Å². The molecule has 0 atom stereocenters. The molecule has 1 aromatic carbocycles. The largest absolute Gasteiger partial charge is 0.508 e. The van der Waals surface area contributed by atoms with E-state index in [1.165, 1.54) is 0 Å². The van der Waals surface area contributed by atoms with Crippen LogP contribution < -0.4 is 5.73 Å². The van der Waals surface area contributed by atoms with Gasteiger partial charge in [0.1, 0.15) is 5.75 Å². The maximum absolute atomic E-state index is 8.63. The molecule has 0 aliphatic heterocycles. The van der Waals surface area contributed by atoms with Crippen molar-refractivity contribution in [1.29, 1.82) is 0 Å². The summed E-state index contributed by atoms with van der Waals surface area (Å²) in [5, 5.41) is 8.63. The number of hydrogen-bond donors (Lipinski definition) is 2. The zero-order valence-corrected chi connectivity index (χ0v) is 7.57. The van der Waals surface area contributed by atoms with Gasteiger partial charge in [0, 0.05) is 6.67 Å². The molecule has 0 spiro atoms. The van der Waals surface area contributed by atoms with Crippen LogP contribution in [0.4, 0.5) is 0 Å². The fourth-order valence-corrected chi connectivity index (χ4v) is 0.428. The summed E-state index contributed by atoms with van der Waals surface area (Å²) in [5.41, 5.74) is 5.10. The molecule has 0 aromatic heterocycles. The number of hydrogen-bond acceptors (Lipinski definition) is 3. The molecule has 0 aliphatic rings. The Kier molecular flexibility index (Phi) is 6.05. The third kappa shape index (κ3) is 7.05. The Labute approximate surface area is 73.4 Å². The van der Waals surface area contributed by atoms with Gasteiger partial charge in [0.05, 0.1) is 0 Å². The molecule has 3 heteroatoms. The van der Waals surface area contributed by atoms with Crippen LogP contribution in [-0.2, 0) is 0 Å². The minimum atomic E-state index is 0.322. The molecular formula is C9H16N2O. The second-order valence-corrected chi connectivity index (χ2v) is 2.60. The predicted molar refractivity (Wildman–Crippen MR) is 50.8 cm³/mol. The molecule has 0 heterocycles. The molecular weight excluding hydrogens is 152 g/mol. The summed E-state index contributed by atoms with van der Waals surface area (Å²) in [5.74, 6) is 0.322. The average molecular weight is 168 g/mol. The number of nitrogens with two attached hydrogens (primary N) is 1.